The largest absolute Gasteiger partial charge is 0.322 e. The van der Waals surface area contributed by atoms with Crippen LogP contribution in [0, 0.1) is 17.6 Å². The number of hydrogen-bond donors (Lipinski definition) is 1. The summed E-state index contributed by atoms with van der Waals surface area (Å²) < 4.78 is 26.5. The highest BCUT2D eigenvalue weighted by Gasteiger charge is 2.19. The van der Waals surface area contributed by atoms with Gasteiger partial charge in [0.2, 0.25) is 5.91 Å². The molecule has 0 saturated carbocycles. The maximum Gasteiger partial charge on any atom is 0.238 e. The van der Waals surface area contributed by atoms with Crippen molar-refractivity contribution in [1.82, 2.24) is 9.80 Å². The lowest BCUT2D eigenvalue weighted by atomic mass is 10.2. The Balaban J connectivity index is 1.80. The molecule has 1 aromatic rings. The number of amides is 1. The zero-order chi connectivity index (χ0) is 16.1. The van der Waals surface area contributed by atoms with Gasteiger partial charge < -0.3 is 10.2 Å². The van der Waals surface area contributed by atoms with Gasteiger partial charge in [-0.3, -0.25) is 9.69 Å². The molecular formula is C16H23F2N3O. The third-order valence-corrected chi connectivity index (χ3v) is 3.66. The van der Waals surface area contributed by atoms with E-state index in [1.54, 1.807) is 0 Å². The van der Waals surface area contributed by atoms with Crippen LogP contribution < -0.4 is 5.32 Å². The van der Waals surface area contributed by atoms with Crippen LogP contribution in [0.2, 0.25) is 0 Å². The fourth-order valence-electron chi connectivity index (χ4n) is 2.63. The fourth-order valence-corrected chi connectivity index (χ4v) is 2.63. The van der Waals surface area contributed by atoms with E-state index < -0.39 is 11.6 Å². The summed E-state index contributed by atoms with van der Waals surface area (Å²) >= 11 is 0. The summed E-state index contributed by atoms with van der Waals surface area (Å²) in [5, 5.41) is 2.43. The number of benzene rings is 1. The van der Waals surface area contributed by atoms with Crippen LogP contribution in [0.4, 0.5) is 14.5 Å². The highest BCUT2D eigenvalue weighted by atomic mass is 19.1. The standard InChI is InChI=1S/C16H23F2N3O/c1-12(2)10-20-5-7-21(8-6-20)11-16(22)19-15-9-13(17)3-4-14(15)18/h3-4,9,12H,5-8,10-11H2,1-2H3,(H,19,22). The van der Waals surface area contributed by atoms with Crippen LogP contribution >= 0.6 is 0 Å². The first-order chi connectivity index (χ1) is 10.4. The molecule has 0 atom stereocenters. The third kappa shape index (κ3) is 5.03. The molecule has 0 spiro atoms. The Hall–Kier alpha value is -1.53. The first-order valence-electron chi connectivity index (χ1n) is 7.63. The Labute approximate surface area is 130 Å². The molecule has 1 aliphatic rings. The summed E-state index contributed by atoms with van der Waals surface area (Å²) in [5.74, 6) is -0.886. The van der Waals surface area contributed by atoms with Crippen LogP contribution in [0.25, 0.3) is 0 Å². The number of nitrogens with one attached hydrogen (secondary N) is 1. The molecule has 1 aliphatic heterocycles. The van der Waals surface area contributed by atoms with E-state index in [-0.39, 0.29) is 18.1 Å². The molecule has 0 bridgehead atoms. The Bertz CT molecular complexity index is 514. The van der Waals surface area contributed by atoms with Crippen LogP contribution in [0.5, 0.6) is 0 Å². The molecule has 22 heavy (non-hydrogen) atoms. The summed E-state index contributed by atoms with van der Waals surface area (Å²) in [6.07, 6.45) is 0. The molecule has 0 aliphatic carbocycles. The number of carbonyl (C=O) groups is 1. The lowest BCUT2D eigenvalue weighted by Gasteiger charge is -2.35. The number of piperazine rings is 1. The van der Waals surface area contributed by atoms with E-state index in [1.807, 2.05) is 4.90 Å². The van der Waals surface area contributed by atoms with Gasteiger partial charge >= 0.3 is 0 Å². The number of rotatable bonds is 5. The van der Waals surface area contributed by atoms with Gasteiger partial charge in [0.05, 0.1) is 12.2 Å². The van der Waals surface area contributed by atoms with Crippen molar-refractivity contribution in [3.63, 3.8) is 0 Å². The maximum absolute atomic E-state index is 13.5. The van der Waals surface area contributed by atoms with Gasteiger partial charge in [-0.1, -0.05) is 13.8 Å². The number of anilines is 1. The van der Waals surface area contributed by atoms with E-state index >= 15 is 0 Å². The van der Waals surface area contributed by atoms with Crippen LogP contribution in [0.1, 0.15) is 13.8 Å². The third-order valence-electron chi connectivity index (χ3n) is 3.66. The van der Waals surface area contributed by atoms with Crippen molar-refractivity contribution in [2.24, 2.45) is 5.92 Å². The first-order valence-corrected chi connectivity index (χ1v) is 7.63. The summed E-state index contributed by atoms with van der Waals surface area (Å²) in [4.78, 5) is 16.4. The molecule has 0 radical (unpaired) electrons. The van der Waals surface area contributed by atoms with Gasteiger partial charge in [-0.05, 0) is 18.1 Å². The van der Waals surface area contributed by atoms with E-state index in [1.165, 1.54) is 0 Å². The van der Waals surface area contributed by atoms with Crippen molar-refractivity contribution >= 4 is 11.6 Å². The summed E-state index contributed by atoms with van der Waals surface area (Å²) in [5.41, 5.74) is -0.108. The number of carbonyl (C=O) groups excluding carboxylic acids is 1. The Kier molecular flexibility index (Phi) is 5.85. The summed E-state index contributed by atoms with van der Waals surface area (Å²) in [6.45, 7) is 9.12. The zero-order valence-electron chi connectivity index (χ0n) is 13.1. The van der Waals surface area contributed by atoms with E-state index in [9.17, 15) is 13.6 Å². The van der Waals surface area contributed by atoms with Crippen LogP contribution in [0.3, 0.4) is 0 Å². The second kappa shape index (κ2) is 7.65. The predicted molar refractivity (Wildman–Crippen MR) is 82.7 cm³/mol. The van der Waals surface area contributed by atoms with E-state index in [0.29, 0.717) is 5.92 Å². The zero-order valence-corrected chi connectivity index (χ0v) is 13.1. The molecule has 6 heteroatoms. The smallest absolute Gasteiger partial charge is 0.238 e. The van der Waals surface area contributed by atoms with Gasteiger partial charge in [-0.25, -0.2) is 8.78 Å². The molecule has 0 aromatic heterocycles. The maximum atomic E-state index is 13.5. The van der Waals surface area contributed by atoms with Gasteiger partial charge in [0, 0.05) is 38.8 Å². The van der Waals surface area contributed by atoms with Crippen molar-refractivity contribution in [1.29, 1.82) is 0 Å². The second-order valence-electron chi connectivity index (χ2n) is 6.14. The topological polar surface area (TPSA) is 35.6 Å². The minimum Gasteiger partial charge on any atom is -0.322 e. The van der Waals surface area contributed by atoms with Crippen molar-refractivity contribution < 1.29 is 13.6 Å². The average molecular weight is 311 g/mol. The van der Waals surface area contributed by atoms with Crippen molar-refractivity contribution in [3.8, 4) is 0 Å². The molecular weight excluding hydrogens is 288 g/mol. The van der Waals surface area contributed by atoms with E-state index in [2.05, 4.69) is 24.1 Å². The monoisotopic (exact) mass is 311 g/mol. The Morgan fingerprint density at radius 1 is 1.18 bits per heavy atom. The van der Waals surface area contributed by atoms with Crippen molar-refractivity contribution in [2.75, 3.05) is 44.6 Å². The minimum atomic E-state index is -0.628. The first kappa shape index (κ1) is 16.8. The molecule has 122 valence electrons. The van der Waals surface area contributed by atoms with Crippen LogP contribution in [-0.4, -0.2) is 55.0 Å². The molecule has 0 unspecified atom stereocenters. The van der Waals surface area contributed by atoms with Gasteiger partial charge in [0.15, 0.2) is 0 Å². The quantitative estimate of drug-likeness (QED) is 0.905. The Morgan fingerprint density at radius 3 is 2.45 bits per heavy atom. The van der Waals surface area contributed by atoms with Gasteiger partial charge in [0.25, 0.3) is 0 Å². The molecule has 1 heterocycles. The molecule has 4 nitrogen and oxygen atoms in total. The molecule has 2 rings (SSSR count). The SMILES string of the molecule is CC(C)CN1CCN(CC(=O)Nc2cc(F)ccc2F)CC1. The fraction of sp³-hybridized carbons (Fsp3) is 0.562. The number of nitrogens with zero attached hydrogens (tertiary/aromatic N) is 2. The molecule has 1 saturated heterocycles. The lowest BCUT2D eigenvalue weighted by molar-refractivity contribution is -0.117. The normalized spacial score (nSPS) is 17.0. The lowest BCUT2D eigenvalue weighted by Crippen LogP contribution is -2.49. The van der Waals surface area contributed by atoms with Gasteiger partial charge in [-0.15, -0.1) is 0 Å². The molecule has 1 aromatic carbocycles. The van der Waals surface area contributed by atoms with Crippen molar-refractivity contribution in [2.45, 2.75) is 13.8 Å². The molecule has 1 amide bonds. The summed E-state index contributed by atoms with van der Waals surface area (Å²) in [6, 6.07) is 3.03. The van der Waals surface area contributed by atoms with E-state index in [0.717, 1.165) is 50.9 Å². The number of hydrogen-bond acceptors (Lipinski definition) is 3. The van der Waals surface area contributed by atoms with Crippen LogP contribution in [0.15, 0.2) is 18.2 Å². The average Bonchev–Trinajstić information content (AvgIpc) is 2.44. The number of halogens is 2. The van der Waals surface area contributed by atoms with Gasteiger partial charge in [0.1, 0.15) is 11.6 Å². The molecule has 1 fully saturated rings. The predicted octanol–water partition coefficient (Wildman–Crippen LogP) is 2.18. The van der Waals surface area contributed by atoms with Crippen LogP contribution in [-0.2, 0) is 4.79 Å². The highest BCUT2D eigenvalue weighted by Crippen LogP contribution is 2.15. The van der Waals surface area contributed by atoms with Crippen molar-refractivity contribution in [3.05, 3.63) is 29.8 Å². The van der Waals surface area contributed by atoms with E-state index in [4.69, 9.17) is 0 Å². The minimum absolute atomic E-state index is 0.108. The Morgan fingerprint density at radius 2 is 1.82 bits per heavy atom. The van der Waals surface area contributed by atoms with Gasteiger partial charge in [-0.2, -0.15) is 0 Å². The second-order valence-corrected chi connectivity index (χ2v) is 6.14. The summed E-state index contributed by atoms with van der Waals surface area (Å²) in [7, 11) is 0. The highest BCUT2D eigenvalue weighted by molar-refractivity contribution is 5.92. The molecule has 1 N–H and O–H groups in total.